The fourth-order valence-corrected chi connectivity index (χ4v) is 2.42. The predicted octanol–water partition coefficient (Wildman–Crippen LogP) is 3.07. The Hall–Kier alpha value is -1.94. The second-order valence-electron chi connectivity index (χ2n) is 4.81. The zero-order chi connectivity index (χ0) is 14.4. The number of nitrogens with zero attached hydrogens (tertiary/aromatic N) is 3. The van der Waals surface area contributed by atoms with E-state index in [1.807, 2.05) is 24.5 Å². The number of ether oxygens (including phenoxy) is 1. The monoisotopic (exact) mass is 271 g/mol. The van der Waals surface area contributed by atoms with Crippen LogP contribution in [0.15, 0.2) is 42.9 Å². The summed E-state index contributed by atoms with van der Waals surface area (Å²) in [5.41, 5.74) is 2.30. The van der Waals surface area contributed by atoms with Crippen molar-refractivity contribution in [2.24, 2.45) is 0 Å². The second-order valence-corrected chi connectivity index (χ2v) is 4.81. The lowest BCUT2D eigenvalue weighted by atomic mass is 10.0. The van der Waals surface area contributed by atoms with Gasteiger partial charge >= 0.3 is 0 Å². The van der Waals surface area contributed by atoms with E-state index in [2.05, 4.69) is 41.0 Å². The lowest BCUT2D eigenvalue weighted by Crippen LogP contribution is -2.24. The first kappa shape index (κ1) is 14.5. The summed E-state index contributed by atoms with van der Waals surface area (Å²) in [6, 6.07) is 8.36. The van der Waals surface area contributed by atoms with Crippen molar-refractivity contribution in [2.45, 2.75) is 25.9 Å². The molecule has 0 aliphatic carbocycles. The first-order valence-electron chi connectivity index (χ1n) is 6.83. The van der Waals surface area contributed by atoms with Crippen LogP contribution in [0.3, 0.4) is 0 Å². The van der Waals surface area contributed by atoms with Gasteiger partial charge in [0.05, 0.1) is 12.8 Å². The molecule has 0 fully saturated rings. The van der Waals surface area contributed by atoms with Crippen molar-refractivity contribution in [1.29, 1.82) is 0 Å². The molecule has 0 bridgehead atoms. The SMILES string of the molecule is CC[C@H](c1ccncc1)N(C)Cc1cc(OC)ccn1. The zero-order valence-corrected chi connectivity index (χ0v) is 12.3. The van der Waals surface area contributed by atoms with E-state index in [-0.39, 0.29) is 0 Å². The van der Waals surface area contributed by atoms with Gasteiger partial charge in [-0.05, 0) is 37.2 Å². The molecule has 4 heteroatoms. The summed E-state index contributed by atoms with van der Waals surface area (Å²) >= 11 is 0. The lowest BCUT2D eigenvalue weighted by molar-refractivity contribution is 0.227. The molecule has 0 spiro atoms. The summed E-state index contributed by atoms with van der Waals surface area (Å²) in [6.45, 7) is 2.98. The summed E-state index contributed by atoms with van der Waals surface area (Å²) < 4.78 is 5.24. The van der Waals surface area contributed by atoms with E-state index in [1.165, 1.54) is 5.56 Å². The molecule has 2 aromatic rings. The van der Waals surface area contributed by atoms with Crippen LogP contribution in [0.4, 0.5) is 0 Å². The Bertz CT molecular complexity index is 530. The van der Waals surface area contributed by atoms with Crippen molar-refractivity contribution in [1.82, 2.24) is 14.9 Å². The predicted molar refractivity (Wildman–Crippen MR) is 79.5 cm³/mol. The molecule has 4 nitrogen and oxygen atoms in total. The fraction of sp³-hybridized carbons (Fsp3) is 0.375. The molecular formula is C16H21N3O. The largest absolute Gasteiger partial charge is 0.497 e. The van der Waals surface area contributed by atoms with Crippen LogP contribution in [0, 0.1) is 0 Å². The van der Waals surface area contributed by atoms with E-state index in [0.29, 0.717) is 6.04 Å². The molecule has 0 unspecified atom stereocenters. The average Bonchev–Trinajstić information content (AvgIpc) is 2.49. The normalized spacial score (nSPS) is 12.4. The van der Waals surface area contributed by atoms with E-state index >= 15 is 0 Å². The van der Waals surface area contributed by atoms with Crippen LogP contribution in [0.1, 0.15) is 30.6 Å². The summed E-state index contributed by atoms with van der Waals surface area (Å²) in [4.78, 5) is 10.8. The molecule has 0 saturated carbocycles. The lowest BCUT2D eigenvalue weighted by Gasteiger charge is -2.27. The molecule has 106 valence electrons. The van der Waals surface area contributed by atoms with Crippen LogP contribution in [0.2, 0.25) is 0 Å². The van der Waals surface area contributed by atoms with Gasteiger partial charge in [-0.1, -0.05) is 6.92 Å². The smallest absolute Gasteiger partial charge is 0.122 e. The van der Waals surface area contributed by atoms with E-state index < -0.39 is 0 Å². The Morgan fingerprint density at radius 1 is 1.20 bits per heavy atom. The molecule has 0 radical (unpaired) electrons. The molecule has 2 aromatic heterocycles. The molecule has 0 saturated heterocycles. The van der Waals surface area contributed by atoms with Crippen LogP contribution in [0.5, 0.6) is 5.75 Å². The van der Waals surface area contributed by atoms with Gasteiger partial charge in [0, 0.05) is 37.2 Å². The third kappa shape index (κ3) is 3.54. The third-order valence-corrected chi connectivity index (χ3v) is 3.44. The highest BCUT2D eigenvalue weighted by atomic mass is 16.5. The Morgan fingerprint density at radius 3 is 2.60 bits per heavy atom. The number of hydrogen-bond donors (Lipinski definition) is 0. The van der Waals surface area contributed by atoms with Gasteiger partial charge < -0.3 is 4.74 Å². The van der Waals surface area contributed by atoms with Gasteiger partial charge in [0.1, 0.15) is 5.75 Å². The van der Waals surface area contributed by atoms with Crippen LogP contribution in [0.25, 0.3) is 0 Å². The minimum absolute atomic E-state index is 0.367. The molecule has 0 N–H and O–H groups in total. The van der Waals surface area contributed by atoms with Crippen molar-refractivity contribution >= 4 is 0 Å². The maximum atomic E-state index is 5.24. The maximum Gasteiger partial charge on any atom is 0.122 e. The van der Waals surface area contributed by atoms with Gasteiger partial charge in [0.15, 0.2) is 0 Å². The molecule has 20 heavy (non-hydrogen) atoms. The molecule has 1 atom stereocenters. The van der Waals surface area contributed by atoms with Crippen LogP contribution in [-0.2, 0) is 6.54 Å². The van der Waals surface area contributed by atoms with Gasteiger partial charge in [-0.15, -0.1) is 0 Å². The van der Waals surface area contributed by atoms with Gasteiger partial charge in [-0.2, -0.15) is 0 Å². The molecule has 0 aliphatic rings. The first-order chi connectivity index (χ1) is 9.74. The van der Waals surface area contributed by atoms with Gasteiger partial charge in [0.2, 0.25) is 0 Å². The fourth-order valence-electron chi connectivity index (χ4n) is 2.42. The zero-order valence-electron chi connectivity index (χ0n) is 12.3. The van der Waals surface area contributed by atoms with Crippen LogP contribution < -0.4 is 4.74 Å². The van der Waals surface area contributed by atoms with Crippen molar-refractivity contribution in [3.8, 4) is 5.75 Å². The van der Waals surface area contributed by atoms with Crippen LogP contribution >= 0.6 is 0 Å². The first-order valence-corrected chi connectivity index (χ1v) is 6.83. The topological polar surface area (TPSA) is 38.2 Å². The number of aromatic nitrogens is 2. The minimum Gasteiger partial charge on any atom is -0.497 e. The Balaban J connectivity index is 2.11. The van der Waals surface area contributed by atoms with Crippen molar-refractivity contribution in [3.05, 3.63) is 54.1 Å². The number of methoxy groups -OCH3 is 1. The molecule has 2 rings (SSSR count). The van der Waals surface area contributed by atoms with E-state index in [0.717, 1.165) is 24.4 Å². The summed E-state index contributed by atoms with van der Waals surface area (Å²) in [5, 5.41) is 0. The molecule has 2 heterocycles. The van der Waals surface area contributed by atoms with Gasteiger partial charge in [-0.3, -0.25) is 14.9 Å². The second kappa shape index (κ2) is 7.01. The summed E-state index contributed by atoms with van der Waals surface area (Å²) in [7, 11) is 3.80. The number of pyridine rings is 2. The Kier molecular flexibility index (Phi) is 5.07. The van der Waals surface area contributed by atoms with E-state index in [9.17, 15) is 0 Å². The highest BCUT2D eigenvalue weighted by Gasteiger charge is 2.15. The van der Waals surface area contributed by atoms with Crippen LogP contribution in [-0.4, -0.2) is 29.0 Å². The third-order valence-electron chi connectivity index (χ3n) is 3.44. The molecule has 0 aromatic carbocycles. The molecule has 0 aliphatic heterocycles. The summed E-state index contributed by atoms with van der Waals surface area (Å²) in [5.74, 6) is 0.848. The van der Waals surface area contributed by atoms with Gasteiger partial charge in [0.25, 0.3) is 0 Å². The minimum atomic E-state index is 0.367. The maximum absolute atomic E-state index is 5.24. The van der Waals surface area contributed by atoms with E-state index in [4.69, 9.17) is 4.74 Å². The van der Waals surface area contributed by atoms with Crippen molar-refractivity contribution in [2.75, 3.05) is 14.2 Å². The molecular weight excluding hydrogens is 250 g/mol. The van der Waals surface area contributed by atoms with Gasteiger partial charge in [-0.25, -0.2) is 0 Å². The number of rotatable bonds is 6. The highest BCUT2D eigenvalue weighted by molar-refractivity contribution is 5.23. The Morgan fingerprint density at radius 2 is 1.95 bits per heavy atom. The quantitative estimate of drug-likeness (QED) is 0.809. The standard InChI is InChI=1S/C16H21N3O/c1-4-16(13-5-8-17-9-6-13)19(2)12-14-11-15(20-3)7-10-18-14/h5-11,16H,4,12H2,1-3H3/t16-/m1/s1. The Labute approximate surface area is 120 Å². The summed E-state index contributed by atoms with van der Waals surface area (Å²) in [6.07, 6.45) is 6.52. The van der Waals surface area contributed by atoms with Crippen molar-refractivity contribution in [3.63, 3.8) is 0 Å². The highest BCUT2D eigenvalue weighted by Crippen LogP contribution is 2.24. The number of hydrogen-bond acceptors (Lipinski definition) is 4. The molecule has 0 amide bonds. The van der Waals surface area contributed by atoms with E-state index in [1.54, 1.807) is 13.3 Å². The average molecular weight is 271 g/mol. The van der Waals surface area contributed by atoms with Crippen molar-refractivity contribution < 1.29 is 4.74 Å².